The minimum Gasteiger partial charge on any atom is -0.361 e. The van der Waals surface area contributed by atoms with Crippen LogP contribution in [0.4, 0.5) is 0 Å². The molecule has 3 rings (SSSR count). The third-order valence-electron chi connectivity index (χ3n) is 4.27. The number of benzene rings is 1. The van der Waals surface area contributed by atoms with Crippen LogP contribution >= 0.6 is 0 Å². The first-order valence-corrected chi connectivity index (χ1v) is 7.76. The largest absolute Gasteiger partial charge is 0.361 e. The number of aromatic nitrogens is 1. The second-order valence-corrected chi connectivity index (χ2v) is 6.22. The molecule has 1 aromatic heterocycles. The second-order valence-electron chi connectivity index (χ2n) is 6.22. The molecule has 1 aliphatic rings. The third kappa shape index (κ3) is 2.74. The first kappa shape index (κ1) is 13.7. The fourth-order valence-corrected chi connectivity index (χ4v) is 3.28. The number of hydrogen-bond acceptors (Lipinski definition) is 2. The highest BCUT2D eigenvalue weighted by Gasteiger charge is 2.25. The summed E-state index contributed by atoms with van der Waals surface area (Å²) in [6.45, 7) is 9.16. The second kappa shape index (κ2) is 5.98. The number of aromatic amines is 1. The summed E-state index contributed by atoms with van der Waals surface area (Å²) in [5.41, 5.74) is 2.72. The van der Waals surface area contributed by atoms with Crippen LogP contribution in [-0.2, 0) is 0 Å². The predicted octanol–water partition coefficient (Wildman–Crippen LogP) is 3.16. The normalized spacial score (nSPS) is 18.8. The highest BCUT2D eigenvalue weighted by Crippen LogP contribution is 2.33. The molecule has 0 saturated carbocycles. The smallest absolute Gasteiger partial charge is 0.0457 e. The molecule has 1 aliphatic heterocycles. The molecule has 0 amide bonds. The van der Waals surface area contributed by atoms with Gasteiger partial charge in [0.05, 0.1) is 0 Å². The van der Waals surface area contributed by atoms with Gasteiger partial charge in [-0.15, -0.1) is 0 Å². The van der Waals surface area contributed by atoms with Crippen molar-refractivity contribution < 1.29 is 0 Å². The lowest BCUT2D eigenvalue weighted by Crippen LogP contribution is -2.45. The number of nitrogens with zero attached hydrogens (tertiary/aromatic N) is 1. The Hall–Kier alpha value is -1.32. The molecule has 2 heterocycles. The molecule has 3 nitrogen and oxygen atoms in total. The molecule has 1 saturated heterocycles. The van der Waals surface area contributed by atoms with Gasteiger partial charge in [0.2, 0.25) is 0 Å². The molecule has 20 heavy (non-hydrogen) atoms. The van der Waals surface area contributed by atoms with E-state index in [9.17, 15) is 0 Å². The summed E-state index contributed by atoms with van der Waals surface area (Å²) in [4.78, 5) is 6.08. The van der Waals surface area contributed by atoms with Crippen molar-refractivity contribution >= 4 is 10.9 Å². The quantitative estimate of drug-likeness (QED) is 0.895. The van der Waals surface area contributed by atoms with Gasteiger partial charge >= 0.3 is 0 Å². The SMILES string of the molecule is CC(C)CC(c1c[nH]c2ccccc12)N1CCNCC1. The van der Waals surface area contributed by atoms with Crippen molar-refractivity contribution in [2.24, 2.45) is 5.92 Å². The number of nitrogens with one attached hydrogen (secondary N) is 2. The number of piperazine rings is 1. The highest BCUT2D eigenvalue weighted by molar-refractivity contribution is 5.83. The summed E-state index contributed by atoms with van der Waals surface area (Å²) in [7, 11) is 0. The molecule has 2 N–H and O–H groups in total. The molecule has 0 radical (unpaired) electrons. The molecule has 2 aromatic rings. The average Bonchev–Trinajstić information content (AvgIpc) is 2.89. The molecule has 0 aliphatic carbocycles. The first-order valence-electron chi connectivity index (χ1n) is 7.76. The molecule has 1 atom stereocenters. The van der Waals surface area contributed by atoms with Crippen molar-refractivity contribution in [3.05, 3.63) is 36.0 Å². The van der Waals surface area contributed by atoms with E-state index >= 15 is 0 Å². The van der Waals surface area contributed by atoms with E-state index in [1.54, 1.807) is 0 Å². The van der Waals surface area contributed by atoms with Crippen LogP contribution in [-0.4, -0.2) is 36.1 Å². The maximum absolute atomic E-state index is 3.46. The Kier molecular flexibility index (Phi) is 4.08. The fraction of sp³-hybridized carbons (Fsp3) is 0.529. The van der Waals surface area contributed by atoms with Gasteiger partial charge in [-0.05, 0) is 24.0 Å². The molecule has 108 valence electrons. The zero-order valence-electron chi connectivity index (χ0n) is 12.5. The van der Waals surface area contributed by atoms with Crippen LogP contribution in [0.2, 0.25) is 0 Å². The molecule has 1 aromatic carbocycles. The van der Waals surface area contributed by atoms with Gasteiger partial charge in [-0.3, -0.25) is 4.90 Å². The standard InChI is InChI=1S/C17H25N3/c1-13(2)11-17(20-9-7-18-8-10-20)15-12-19-16-6-4-3-5-14(15)16/h3-6,12-13,17-19H,7-11H2,1-2H3. The summed E-state index contributed by atoms with van der Waals surface area (Å²) in [5.74, 6) is 0.712. The molecule has 3 heteroatoms. The van der Waals surface area contributed by atoms with E-state index in [0.717, 1.165) is 26.2 Å². The van der Waals surface area contributed by atoms with Gasteiger partial charge in [0, 0.05) is 49.3 Å². The van der Waals surface area contributed by atoms with Crippen molar-refractivity contribution in [3.63, 3.8) is 0 Å². The lowest BCUT2D eigenvalue weighted by Gasteiger charge is -2.36. The average molecular weight is 271 g/mol. The number of hydrogen-bond donors (Lipinski definition) is 2. The number of H-pyrrole nitrogens is 1. The van der Waals surface area contributed by atoms with Crippen LogP contribution in [0, 0.1) is 5.92 Å². The Balaban J connectivity index is 1.95. The summed E-state index contributed by atoms with van der Waals surface area (Å²) >= 11 is 0. The number of para-hydroxylation sites is 1. The van der Waals surface area contributed by atoms with E-state index in [4.69, 9.17) is 0 Å². The monoisotopic (exact) mass is 271 g/mol. The van der Waals surface area contributed by atoms with E-state index in [-0.39, 0.29) is 0 Å². The van der Waals surface area contributed by atoms with Crippen LogP contribution in [0.5, 0.6) is 0 Å². The lowest BCUT2D eigenvalue weighted by molar-refractivity contribution is 0.155. The maximum Gasteiger partial charge on any atom is 0.0457 e. The Morgan fingerprint density at radius 2 is 1.90 bits per heavy atom. The maximum atomic E-state index is 3.46. The minimum absolute atomic E-state index is 0.535. The van der Waals surface area contributed by atoms with Gasteiger partial charge in [0.25, 0.3) is 0 Å². The van der Waals surface area contributed by atoms with Crippen LogP contribution in [0.15, 0.2) is 30.5 Å². The fourth-order valence-electron chi connectivity index (χ4n) is 3.28. The molecule has 0 bridgehead atoms. The summed E-state index contributed by atoms with van der Waals surface area (Å²) in [6, 6.07) is 9.20. The van der Waals surface area contributed by atoms with Crippen molar-refractivity contribution in [3.8, 4) is 0 Å². The van der Waals surface area contributed by atoms with Crippen molar-refractivity contribution in [2.45, 2.75) is 26.3 Å². The first-order chi connectivity index (χ1) is 9.75. The van der Waals surface area contributed by atoms with Crippen LogP contribution in [0.1, 0.15) is 31.9 Å². The molecule has 1 unspecified atom stereocenters. The summed E-state index contributed by atoms with van der Waals surface area (Å²) < 4.78 is 0. The van der Waals surface area contributed by atoms with Crippen LogP contribution in [0.25, 0.3) is 10.9 Å². The Morgan fingerprint density at radius 1 is 1.15 bits per heavy atom. The van der Waals surface area contributed by atoms with E-state index in [2.05, 4.69) is 59.5 Å². The van der Waals surface area contributed by atoms with E-state index in [0.29, 0.717) is 12.0 Å². The minimum atomic E-state index is 0.535. The zero-order chi connectivity index (χ0) is 13.9. The zero-order valence-corrected chi connectivity index (χ0v) is 12.5. The molecular formula is C17H25N3. The van der Waals surface area contributed by atoms with Crippen LogP contribution in [0.3, 0.4) is 0 Å². The predicted molar refractivity (Wildman–Crippen MR) is 84.9 cm³/mol. The van der Waals surface area contributed by atoms with Crippen molar-refractivity contribution in [2.75, 3.05) is 26.2 Å². The van der Waals surface area contributed by atoms with Gasteiger partial charge in [0.1, 0.15) is 0 Å². The van der Waals surface area contributed by atoms with E-state index in [1.165, 1.54) is 22.9 Å². The Labute approximate surface area is 121 Å². The van der Waals surface area contributed by atoms with Crippen molar-refractivity contribution in [1.29, 1.82) is 0 Å². The third-order valence-corrected chi connectivity index (χ3v) is 4.27. The van der Waals surface area contributed by atoms with E-state index < -0.39 is 0 Å². The summed E-state index contributed by atoms with van der Waals surface area (Å²) in [6.07, 6.45) is 3.45. The van der Waals surface area contributed by atoms with E-state index in [1.807, 2.05) is 0 Å². The molecule has 1 fully saturated rings. The highest BCUT2D eigenvalue weighted by atomic mass is 15.2. The number of rotatable bonds is 4. The van der Waals surface area contributed by atoms with Gasteiger partial charge in [-0.25, -0.2) is 0 Å². The molecular weight excluding hydrogens is 246 g/mol. The van der Waals surface area contributed by atoms with Crippen molar-refractivity contribution in [1.82, 2.24) is 15.2 Å². The van der Waals surface area contributed by atoms with Gasteiger partial charge in [-0.2, -0.15) is 0 Å². The van der Waals surface area contributed by atoms with Gasteiger partial charge in [0.15, 0.2) is 0 Å². The Morgan fingerprint density at radius 3 is 2.65 bits per heavy atom. The van der Waals surface area contributed by atoms with Gasteiger partial charge in [-0.1, -0.05) is 32.0 Å². The summed E-state index contributed by atoms with van der Waals surface area (Å²) in [5, 5.41) is 4.84. The molecule has 0 spiro atoms. The Bertz CT molecular complexity index is 552. The number of fused-ring (bicyclic) bond motifs is 1. The topological polar surface area (TPSA) is 31.1 Å². The van der Waals surface area contributed by atoms with Crippen LogP contribution < -0.4 is 5.32 Å². The lowest BCUT2D eigenvalue weighted by atomic mass is 9.94. The van der Waals surface area contributed by atoms with Gasteiger partial charge < -0.3 is 10.3 Å².